The van der Waals surface area contributed by atoms with Crippen LogP contribution in [0.25, 0.3) is 0 Å². The summed E-state index contributed by atoms with van der Waals surface area (Å²) >= 11 is 6.28. The molecular weight excluding hydrogens is 383 g/mol. The number of rotatable bonds is 6. The third kappa shape index (κ3) is 4.56. The molecule has 1 aliphatic rings. The number of anilines is 1. The minimum Gasteiger partial charge on any atom is -0.467 e. The molecular formula is C21H24ClFN2O3. The van der Waals surface area contributed by atoms with E-state index >= 15 is 0 Å². The molecule has 1 heterocycles. The van der Waals surface area contributed by atoms with Crippen molar-refractivity contribution >= 4 is 23.3 Å². The lowest BCUT2D eigenvalue weighted by Gasteiger charge is -2.21. The average molecular weight is 407 g/mol. The van der Waals surface area contributed by atoms with Gasteiger partial charge in [-0.3, -0.25) is 0 Å². The number of hydrogen-bond acceptors (Lipinski definition) is 3. The van der Waals surface area contributed by atoms with Crippen molar-refractivity contribution < 1.29 is 18.7 Å². The Morgan fingerprint density at radius 3 is 2.79 bits per heavy atom. The molecule has 2 N–H and O–H groups in total. The van der Waals surface area contributed by atoms with Crippen molar-refractivity contribution in [1.82, 2.24) is 5.32 Å². The molecule has 2 aromatic carbocycles. The van der Waals surface area contributed by atoms with Crippen LogP contribution in [0.3, 0.4) is 0 Å². The molecule has 0 radical (unpaired) electrons. The maximum absolute atomic E-state index is 13.8. The van der Waals surface area contributed by atoms with Crippen LogP contribution in [-0.2, 0) is 30.6 Å². The Kier molecular flexibility index (Phi) is 6.75. The Morgan fingerprint density at radius 2 is 2.04 bits per heavy atom. The number of ether oxygens (including phenoxy) is 2. The summed E-state index contributed by atoms with van der Waals surface area (Å²) in [4.78, 5) is 12.4. The van der Waals surface area contributed by atoms with Crippen molar-refractivity contribution in [2.75, 3.05) is 18.7 Å². The quantitative estimate of drug-likeness (QED) is 0.722. The van der Waals surface area contributed by atoms with E-state index in [1.54, 1.807) is 0 Å². The van der Waals surface area contributed by atoms with E-state index in [0.29, 0.717) is 41.5 Å². The van der Waals surface area contributed by atoms with E-state index in [1.807, 2.05) is 26.0 Å². The normalized spacial score (nSPS) is 12.9. The van der Waals surface area contributed by atoms with E-state index in [1.165, 1.54) is 12.1 Å². The minimum atomic E-state index is -0.341. The molecule has 7 heteroatoms. The van der Waals surface area contributed by atoms with Crippen LogP contribution in [0.4, 0.5) is 14.9 Å². The zero-order valence-electron chi connectivity index (χ0n) is 16.0. The van der Waals surface area contributed by atoms with Gasteiger partial charge in [0.1, 0.15) is 11.6 Å². The first-order valence-corrected chi connectivity index (χ1v) is 9.78. The van der Waals surface area contributed by atoms with Crippen molar-refractivity contribution in [3.8, 4) is 5.75 Å². The molecule has 28 heavy (non-hydrogen) atoms. The van der Waals surface area contributed by atoms with Gasteiger partial charge in [-0.15, -0.1) is 0 Å². The fourth-order valence-electron chi connectivity index (χ4n) is 3.38. The molecule has 0 unspecified atom stereocenters. The van der Waals surface area contributed by atoms with Gasteiger partial charge >= 0.3 is 6.03 Å². The Balaban J connectivity index is 1.65. The highest BCUT2D eigenvalue weighted by atomic mass is 35.5. The lowest BCUT2D eigenvalue weighted by atomic mass is 10.0. The summed E-state index contributed by atoms with van der Waals surface area (Å²) in [5, 5.41) is 6.39. The van der Waals surface area contributed by atoms with E-state index < -0.39 is 0 Å². The van der Waals surface area contributed by atoms with Gasteiger partial charge in [0.25, 0.3) is 0 Å². The molecule has 0 spiro atoms. The second-order valence-electron chi connectivity index (χ2n) is 6.56. The van der Waals surface area contributed by atoms with Crippen LogP contribution in [0.1, 0.15) is 36.1 Å². The number of carbonyl (C=O) groups is 1. The number of hydrogen-bond donors (Lipinski definition) is 2. The van der Waals surface area contributed by atoms with Crippen molar-refractivity contribution in [3.05, 3.63) is 57.4 Å². The van der Waals surface area contributed by atoms with E-state index in [0.717, 1.165) is 29.7 Å². The predicted octanol–water partition coefficient (Wildman–Crippen LogP) is 4.83. The van der Waals surface area contributed by atoms with E-state index in [4.69, 9.17) is 21.1 Å². The summed E-state index contributed by atoms with van der Waals surface area (Å²) in [6.45, 7) is 4.84. The number of amides is 2. The molecule has 2 aromatic rings. The highest BCUT2D eigenvalue weighted by Gasteiger charge is 2.17. The Labute approximate surface area is 169 Å². The summed E-state index contributed by atoms with van der Waals surface area (Å²) < 4.78 is 24.5. The molecule has 150 valence electrons. The number of fused-ring (bicyclic) bond motifs is 1. The molecule has 5 nitrogen and oxygen atoms in total. The summed E-state index contributed by atoms with van der Waals surface area (Å²) in [5.74, 6) is 0.303. The van der Waals surface area contributed by atoms with Gasteiger partial charge in [-0.2, -0.15) is 0 Å². The van der Waals surface area contributed by atoms with E-state index in [-0.39, 0.29) is 18.6 Å². The summed E-state index contributed by atoms with van der Waals surface area (Å²) in [7, 11) is 0. The first-order chi connectivity index (χ1) is 13.5. The predicted molar refractivity (Wildman–Crippen MR) is 108 cm³/mol. The second-order valence-corrected chi connectivity index (χ2v) is 6.97. The molecule has 0 aliphatic carbocycles. The molecule has 1 aliphatic heterocycles. The van der Waals surface area contributed by atoms with Crippen LogP contribution in [0.15, 0.2) is 24.3 Å². The van der Waals surface area contributed by atoms with Crippen LogP contribution in [0.2, 0.25) is 5.02 Å². The van der Waals surface area contributed by atoms with Crippen molar-refractivity contribution in [2.45, 2.75) is 39.7 Å². The standard InChI is InChI=1S/C21H24ClFN2O3/c1-3-13-5-6-18(22)17(4-2)19(13)25-21(26)24-8-7-14-9-16(23)10-15-11-27-12-28-20(14)15/h5-6,9-10H,3-4,7-8,11-12H2,1-2H3,(H2,24,25,26). The number of benzene rings is 2. The smallest absolute Gasteiger partial charge is 0.319 e. The fourth-order valence-corrected chi connectivity index (χ4v) is 3.67. The monoisotopic (exact) mass is 406 g/mol. The topological polar surface area (TPSA) is 59.6 Å². The fraction of sp³-hybridized carbons (Fsp3) is 0.381. The largest absolute Gasteiger partial charge is 0.467 e. The molecule has 0 fully saturated rings. The first kappa shape index (κ1) is 20.4. The molecule has 0 atom stereocenters. The summed E-state index contributed by atoms with van der Waals surface area (Å²) in [5.41, 5.74) is 4.11. The lowest BCUT2D eigenvalue weighted by Crippen LogP contribution is -2.31. The van der Waals surface area contributed by atoms with Gasteiger partial charge in [0.15, 0.2) is 6.79 Å². The maximum atomic E-state index is 13.8. The number of carbonyl (C=O) groups excluding carboxylic acids is 1. The maximum Gasteiger partial charge on any atom is 0.319 e. The number of halogens is 2. The lowest BCUT2D eigenvalue weighted by molar-refractivity contribution is -0.0172. The molecule has 3 rings (SSSR count). The number of aryl methyl sites for hydroxylation is 1. The van der Waals surface area contributed by atoms with Crippen LogP contribution in [0, 0.1) is 5.82 Å². The van der Waals surface area contributed by atoms with Gasteiger partial charge in [-0.05, 0) is 54.2 Å². The number of urea groups is 1. The van der Waals surface area contributed by atoms with Crippen molar-refractivity contribution in [1.29, 1.82) is 0 Å². The zero-order valence-corrected chi connectivity index (χ0v) is 16.8. The zero-order chi connectivity index (χ0) is 20.1. The SMILES string of the molecule is CCc1ccc(Cl)c(CC)c1NC(=O)NCCc1cc(F)cc2c1OCOC2. The third-order valence-corrected chi connectivity index (χ3v) is 5.10. The van der Waals surface area contributed by atoms with E-state index in [2.05, 4.69) is 10.6 Å². The molecule has 0 saturated heterocycles. The Hall–Kier alpha value is -2.31. The van der Waals surface area contributed by atoms with Crippen LogP contribution in [0.5, 0.6) is 5.75 Å². The van der Waals surface area contributed by atoms with Crippen LogP contribution in [-0.4, -0.2) is 19.4 Å². The Bertz CT molecular complexity index is 873. The van der Waals surface area contributed by atoms with Gasteiger partial charge in [0, 0.05) is 17.1 Å². The van der Waals surface area contributed by atoms with Gasteiger partial charge in [-0.1, -0.05) is 31.5 Å². The molecule has 2 amide bonds. The average Bonchev–Trinajstić information content (AvgIpc) is 2.68. The highest BCUT2D eigenvalue weighted by Crippen LogP contribution is 2.30. The van der Waals surface area contributed by atoms with Gasteiger partial charge in [-0.25, -0.2) is 9.18 Å². The Morgan fingerprint density at radius 1 is 1.21 bits per heavy atom. The van der Waals surface area contributed by atoms with Crippen molar-refractivity contribution in [3.63, 3.8) is 0 Å². The van der Waals surface area contributed by atoms with Crippen LogP contribution < -0.4 is 15.4 Å². The summed E-state index contributed by atoms with van der Waals surface area (Å²) in [6, 6.07) is 6.32. The second kappa shape index (κ2) is 9.26. The third-order valence-electron chi connectivity index (χ3n) is 4.75. The molecule has 0 aromatic heterocycles. The van der Waals surface area contributed by atoms with Crippen LogP contribution >= 0.6 is 11.6 Å². The van der Waals surface area contributed by atoms with Gasteiger partial charge < -0.3 is 20.1 Å². The van der Waals surface area contributed by atoms with Crippen molar-refractivity contribution in [2.24, 2.45) is 0 Å². The molecule has 0 bridgehead atoms. The van der Waals surface area contributed by atoms with Gasteiger partial charge in [0.05, 0.1) is 12.3 Å². The number of nitrogens with one attached hydrogen (secondary N) is 2. The minimum absolute atomic E-state index is 0.147. The highest BCUT2D eigenvalue weighted by molar-refractivity contribution is 6.31. The van der Waals surface area contributed by atoms with E-state index in [9.17, 15) is 9.18 Å². The van der Waals surface area contributed by atoms with Gasteiger partial charge in [0.2, 0.25) is 0 Å². The first-order valence-electron chi connectivity index (χ1n) is 9.40. The summed E-state index contributed by atoms with van der Waals surface area (Å²) in [6.07, 6.45) is 1.95. The molecule has 0 saturated carbocycles.